The average molecular weight is 469 g/mol. The van der Waals surface area contributed by atoms with Crippen molar-refractivity contribution in [3.8, 4) is 33.6 Å². The first-order chi connectivity index (χ1) is 17.1. The summed E-state index contributed by atoms with van der Waals surface area (Å²) in [5.41, 5.74) is 5.94. The third-order valence-corrected chi connectivity index (χ3v) is 6.63. The van der Waals surface area contributed by atoms with Gasteiger partial charge in [-0.2, -0.15) is 10.2 Å². The van der Waals surface area contributed by atoms with Gasteiger partial charge >= 0.3 is 0 Å². The van der Waals surface area contributed by atoms with Gasteiger partial charge in [-0.05, 0) is 49.2 Å². The maximum Gasteiger partial charge on any atom is 0.162 e. The van der Waals surface area contributed by atoms with E-state index in [4.69, 9.17) is 4.98 Å². The molecule has 0 radical (unpaired) electrons. The maximum absolute atomic E-state index is 14.4. The van der Waals surface area contributed by atoms with E-state index in [0.29, 0.717) is 29.1 Å². The van der Waals surface area contributed by atoms with E-state index in [-0.39, 0.29) is 5.82 Å². The first kappa shape index (κ1) is 21.4. The topological polar surface area (TPSA) is 87.0 Å². The first-order valence-electron chi connectivity index (χ1n) is 11.7. The Balaban J connectivity index is 1.31. The highest BCUT2D eigenvalue weighted by Crippen LogP contribution is 2.31. The second kappa shape index (κ2) is 8.59. The molecule has 0 spiro atoms. The summed E-state index contributed by atoms with van der Waals surface area (Å²) in [4.78, 5) is 11.2. The smallest absolute Gasteiger partial charge is 0.162 e. The summed E-state index contributed by atoms with van der Waals surface area (Å²) in [6.07, 6.45) is 6.93. The zero-order valence-electron chi connectivity index (χ0n) is 19.5. The van der Waals surface area contributed by atoms with Crippen LogP contribution in [0.5, 0.6) is 0 Å². The lowest BCUT2D eigenvalue weighted by Crippen LogP contribution is -2.55. The molecule has 1 fully saturated rings. The van der Waals surface area contributed by atoms with E-state index in [1.54, 1.807) is 22.8 Å². The van der Waals surface area contributed by atoms with E-state index in [2.05, 4.69) is 68.6 Å². The molecule has 2 aromatic carbocycles. The molecule has 1 aliphatic heterocycles. The standard InChI is InChI=1S/C26H25FN8/c1-16-10-28-11-17(2)35(16)21-6-3-18(4-7-21)20-12-29-26-23(13-32-34(26)14-20)19-5-8-24(27)22(9-19)25-30-15-31-33-25/h3-9,12-17,28H,10-11H2,1-2H3,(H,30,31,33)/t16-,17+. The van der Waals surface area contributed by atoms with Crippen molar-refractivity contribution >= 4 is 11.3 Å². The van der Waals surface area contributed by atoms with Gasteiger partial charge in [0.25, 0.3) is 0 Å². The van der Waals surface area contributed by atoms with Crippen LogP contribution in [0.3, 0.4) is 0 Å². The number of anilines is 1. The second-order valence-electron chi connectivity index (χ2n) is 9.01. The summed E-state index contributed by atoms with van der Waals surface area (Å²) in [5.74, 6) is 0.00869. The van der Waals surface area contributed by atoms with Crippen molar-refractivity contribution in [1.82, 2.24) is 35.1 Å². The van der Waals surface area contributed by atoms with Gasteiger partial charge in [-0.25, -0.2) is 18.9 Å². The van der Waals surface area contributed by atoms with Gasteiger partial charge in [0.1, 0.15) is 12.1 Å². The van der Waals surface area contributed by atoms with E-state index in [1.165, 1.54) is 18.1 Å². The Bertz CT molecular complexity index is 1470. The van der Waals surface area contributed by atoms with Gasteiger partial charge in [-0.3, -0.25) is 5.10 Å². The van der Waals surface area contributed by atoms with Crippen LogP contribution in [0.1, 0.15) is 13.8 Å². The highest BCUT2D eigenvalue weighted by Gasteiger charge is 2.24. The molecule has 3 aromatic heterocycles. The molecule has 2 atom stereocenters. The van der Waals surface area contributed by atoms with Gasteiger partial charge in [0.05, 0.1) is 11.8 Å². The van der Waals surface area contributed by atoms with E-state index in [1.807, 2.05) is 12.4 Å². The number of H-pyrrole nitrogens is 1. The number of halogens is 1. The number of aromatic amines is 1. The molecule has 9 heteroatoms. The van der Waals surface area contributed by atoms with Crippen molar-refractivity contribution in [2.45, 2.75) is 25.9 Å². The van der Waals surface area contributed by atoms with Gasteiger partial charge in [0.15, 0.2) is 11.5 Å². The predicted molar refractivity (Wildman–Crippen MR) is 133 cm³/mol. The predicted octanol–water partition coefficient (Wildman–Crippen LogP) is 4.17. The third kappa shape index (κ3) is 3.83. The number of hydrogen-bond donors (Lipinski definition) is 2. The fourth-order valence-corrected chi connectivity index (χ4v) is 4.90. The average Bonchev–Trinajstić information content (AvgIpc) is 3.55. The molecular weight excluding hydrogens is 443 g/mol. The largest absolute Gasteiger partial charge is 0.364 e. The Hall–Kier alpha value is -4.11. The van der Waals surface area contributed by atoms with Crippen LogP contribution in [0, 0.1) is 5.82 Å². The van der Waals surface area contributed by atoms with Crippen molar-refractivity contribution in [2.24, 2.45) is 0 Å². The summed E-state index contributed by atoms with van der Waals surface area (Å²) < 4.78 is 16.1. The third-order valence-electron chi connectivity index (χ3n) is 6.63. The summed E-state index contributed by atoms with van der Waals surface area (Å²) in [7, 11) is 0. The first-order valence-corrected chi connectivity index (χ1v) is 11.7. The number of hydrogen-bond acceptors (Lipinski definition) is 6. The lowest BCUT2D eigenvalue weighted by atomic mass is 10.0. The SMILES string of the molecule is C[C@@H]1CNC[C@H](C)N1c1ccc(-c2cnc3c(-c4ccc(F)c(-c5ncn[nH]5)c4)cnn3c2)cc1. The number of nitrogens with one attached hydrogen (secondary N) is 2. The van der Waals surface area contributed by atoms with E-state index >= 15 is 0 Å². The van der Waals surface area contributed by atoms with Crippen molar-refractivity contribution in [1.29, 1.82) is 0 Å². The molecule has 0 bridgehead atoms. The van der Waals surface area contributed by atoms with E-state index < -0.39 is 0 Å². The van der Waals surface area contributed by atoms with Crippen molar-refractivity contribution in [3.63, 3.8) is 0 Å². The molecular formula is C26H25FN8. The monoisotopic (exact) mass is 468 g/mol. The molecule has 35 heavy (non-hydrogen) atoms. The Kier molecular flexibility index (Phi) is 5.26. The van der Waals surface area contributed by atoms with E-state index in [0.717, 1.165) is 35.3 Å². The van der Waals surface area contributed by atoms with Crippen LogP contribution in [-0.4, -0.2) is 55.0 Å². The van der Waals surface area contributed by atoms with Gasteiger partial charge < -0.3 is 10.2 Å². The maximum atomic E-state index is 14.4. The number of rotatable bonds is 4. The molecule has 0 saturated carbocycles. The lowest BCUT2D eigenvalue weighted by Gasteiger charge is -2.41. The minimum Gasteiger partial charge on any atom is -0.364 e. The summed E-state index contributed by atoms with van der Waals surface area (Å²) >= 11 is 0. The van der Waals surface area contributed by atoms with E-state index in [9.17, 15) is 4.39 Å². The van der Waals surface area contributed by atoms with Crippen LogP contribution in [0.25, 0.3) is 39.3 Å². The van der Waals surface area contributed by atoms with Crippen LogP contribution in [0.15, 0.2) is 67.4 Å². The minimum absolute atomic E-state index is 0.351. The number of piperazine rings is 1. The molecule has 176 valence electrons. The van der Waals surface area contributed by atoms with Crippen molar-refractivity contribution in [2.75, 3.05) is 18.0 Å². The van der Waals surface area contributed by atoms with Gasteiger partial charge in [0, 0.05) is 54.4 Å². The van der Waals surface area contributed by atoms with Gasteiger partial charge in [-0.15, -0.1) is 0 Å². The van der Waals surface area contributed by atoms with Crippen LogP contribution < -0.4 is 10.2 Å². The molecule has 8 nitrogen and oxygen atoms in total. The molecule has 6 rings (SSSR count). The number of aromatic nitrogens is 6. The van der Waals surface area contributed by atoms with Crippen LogP contribution >= 0.6 is 0 Å². The zero-order chi connectivity index (χ0) is 23.9. The highest BCUT2D eigenvalue weighted by atomic mass is 19.1. The van der Waals surface area contributed by atoms with Crippen molar-refractivity contribution < 1.29 is 4.39 Å². The zero-order valence-corrected chi connectivity index (χ0v) is 19.5. The van der Waals surface area contributed by atoms with Crippen LogP contribution in [0.2, 0.25) is 0 Å². The number of benzene rings is 2. The number of fused-ring (bicyclic) bond motifs is 1. The van der Waals surface area contributed by atoms with Crippen LogP contribution in [0.4, 0.5) is 10.1 Å². The molecule has 2 N–H and O–H groups in total. The number of nitrogens with zero attached hydrogens (tertiary/aromatic N) is 6. The summed E-state index contributed by atoms with van der Waals surface area (Å²) in [6.45, 7) is 6.48. The fraction of sp³-hybridized carbons (Fsp3) is 0.231. The summed E-state index contributed by atoms with van der Waals surface area (Å²) in [6, 6.07) is 14.4. The van der Waals surface area contributed by atoms with Gasteiger partial charge in [-0.1, -0.05) is 18.2 Å². The van der Waals surface area contributed by atoms with Crippen molar-refractivity contribution in [3.05, 3.63) is 73.2 Å². The Morgan fingerprint density at radius 1 is 0.886 bits per heavy atom. The summed E-state index contributed by atoms with van der Waals surface area (Å²) in [5, 5.41) is 14.5. The molecule has 1 saturated heterocycles. The highest BCUT2D eigenvalue weighted by molar-refractivity contribution is 5.80. The quantitative estimate of drug-likeness (QED) is 0.412. The second-order valence-corrected chi connectivity index (χ2v) is 9.01. The fourth-order valence-electron chi connectivity index (χ4n) is 4.90. The Morgan fingerprint density at radius 2 is 1.66 bits per heavy atom. The minimum atomic E-state index is -0.370. The normalized spacial score (nSPS) is 18.3. The lowest BCUT2D eigenvalue weighted by molar-refractivity contribution is 0.432. The molecule has 0 amide bonds. The molecule has 1 aliphatic rings. The molecule has 5 aromatic rings. The Morgan fingerprint density at radius 3 is 2.40 bits per heavy atom. The molecule has 0 unspecified atom stereocenters. The molecule has 0 aliphatic carbocycles. The molecule has 4 heterocycles. The van der Waals surface area contributed by atoms with Gasteiger partial charge in [0.2, 0.25) is 0 Å². The Labute approximate surface area is 201 Å². The van der Waals surface area contributed by atoms with Crippen LogP contribution in [-0.2, 0) is 0 Å².